The number of aliphatic hydroxyl groups is 1. The Morgan fingerprint density at radius 2 is 2.00 bits per heavy atom. The van der Waals surface area contributed by atoms with Gasteiger partial charge in [0.05, 0.1) is 30.5 Å². The molecule has 0 aromatic carbocycles. The molecule has 1 saturated heterocycles. The Morgan fingerprint density at radius 3 is 2.52 bits per heavy atom. The van der Waals surface area contributed by atoms with Gasteiger partial charge in [-0.2, -0.15) is 0 Å². The highest BCUT2D eigenvalue weighted by molar-refractivity contribution is 7.33. The fraction of sp³-hybridized carbons (Fsp3) is 1.00. The van der Waals surface area contributed by atoms with Crippen LogP contribution < -0.4 is 0 Å². The fourth-order valence-electron chi connectivity index (χ4n) is 2.11. The first-order valence-corrected chi connectivity index (χ1v) is 8.65. The van der Waals surface area contributed by atoms with Gasteiger partial charge in [0.2, 0.25) is 0 Å². The summed E-state index contributed by atoms with van der Waals surface area (Å²) in [5, 5.41) is 10.2. The Hall–Kier alpha value is 0.0300. The highest BCUT2D eigenvalue weighted by Crippen LogP contribution is 2.34. The summed E-state index contributed by atoms with van der Waals surface area (Å²) < 4.78 is 33.9. The van der Waals surface area contributed by atoms with Crippen LogP contribution >= 0.6 is 8.25 Å². The summed E-state index contributed by atoms with van der Waals surface area (Å²) in [5.74, 6) is 0. The van der Waals surface area contributed by atoms with Crippen molar-refractivity contribution in [3.8, 4) is 0 Å². The van der Waals surface area contributed by atoms with Crippen molar-refractivity contribution in [2.75, 3.05) is 6.61 Å². The van der Waals surface area contributed by atoms with E-state index in [9.17, 15) is 9.67 Å². The van der Waals surface area contributed by atoms with E-state index in [0.29, 0.717) is 6.42 Å². The third-order valence-electron chi connectivity index (χ3n) is 2.97. The molecular weight excluding hydrogens is 295 g/mol. The monoisotopic (exact) mass is 324 g/mol. The van der Waals surface area contributed by atoms with E-state index in [1.165, 1.54) is 0 Å². The van der Waals surface area contributed by atoms with Crippen molar-refractivity contribution in [3.05, 3.63) is 0 Å². The quantitative estimate of drug-likeness (QED) is 0.757. The minimum absolute atomic E-state index is 0.0956. The number of aliphatic hydroxyl groups excluding tert-OH is 1. The molecule has 1 N–H and O–H groups in total. The third-order valence-corrected chi connectivity index (χ3v) is 4.10. The topological polar surface area (TPSA) is 74.2 Å². The summed E-state index contributed by atoms with van der Waals surface area (Å²) in [6.45, 7) is 11.5. The predicted octanol–water partition coefficient (Wildman–Crippen LogP) is 2.54. The molecular formula is C14H29O6P. The molecule has 6 nitrogen and oxygen atoms in total. The SMILES string of the molecule is CC(C)O[PH](=O)OC1C(O)CC(C)OC1COC(C)(C)C. The molecule has 5 unspecified atom stereocenters. The Bertz CT molecular complexity index is 341. The molecule has 0 spiro atoms. The second kappa shape index (κ2) is 8.04. The van der Waals surface area contributed by atoms with Crippen LogP contribution in [0.2, 0.25) is 0 Å². The minimum Gasteiger partial charge on any atom is -0.390 e. The van der Waals surface area contributed by atoms with Crippen molar-refractivity contribution in [3.63, 3.8) is 0 Å². The van der Waals surface area contributed by atoms with Crippen LogP contribution in [0, 0.1) is 0 Å². The van der Waals surface area contributed by atoms with Crippen LogP contribution in [-0.4, -0.2) is 47.8 Å². The van der Waals surface area contributed by atoms with E-state index >= 15 is 0 Å². The van der Waals surface area contributed by atoms with E-state index in [4.69, 9.17) is 18.5 Å². The van der Waals surface area contributed by atoms with Crippen LogP contribution in [0.5, 0.6) is 0 Å². The van der Waals surface area contributed by atoms with Crippen molar-refractivity contribution < 1.29 is 28.2 Å². The number of hydrogen-bond acceptors (Lipinski definition) is 6. The maximum absolute atomic E-state index is 11.8. The van der Waals surface area contributed by atoms with Gasteiger partial charge in [0.25, 0.3) is 0 Å². The van der Waals surface area contributed by atoms with Crippen LogP contribution in [-0.2, 0) is 23.1 Å². The van der Waals surface area contributed by atoms with E-state index in [0.717, 1.165) is 0 Å². The van der Waals surface area contributed by atoms with Crippen LogP contribution in [0.3, 0.4) is 0 Å². The molecule has 0 amide bonds. The molecule has 1 heterocycles. The zero-order valence-corrected chi connectivity index (χ0v) is 14.8. The molecule has 1 fully saturated rings. The van der Waals surface area contributed by atoms with Crippen molar-refractivity contribution in [1.82, 2.24) is 0 Å². The molecule has 126 valence electrons. The van der Waals surface area contributed by atoms with Gasteiger partial charge in [-0.05, 0) is 41.5 Å². The molecule has 1 rings (SSSR count). The molecule has 21 heavy (non-hydrogen) atoms. The molecule has 0 bridgehead atoms. The molecule has 0 aromatic heterocycles. The average molecular weight is 324 g/mol. The van der Waals surface area contributed by atoms with Crippen molar-refractivity contribution in [1.29, 1.82) is 0 Å². The van der Waals surface area contributed by atoms with Gasteiger partial charge in [-0.15, -0.1) is 0 Å². The summed E-state index contributed by atoms with van der Waals surface area (Å²) in [6, 6.07) is 0. The first-order valence-electron chi connectivity index (χ1n) is 7.43. The largest absolute Gasteiger partial charge is 0.390 e. The first-order chi connectivity index (χ1) is 9.58. The lowest BCUT2D eigenvalue weighted by Gasteiger charge is -2.39. The normalized spacial score (nSPS) is 32.4. The first kappa shape index (κ1) is 19.1. The van der Waals surface area contributed by atoms with Crippen LogP contribution in [0.1, 0.15) is 48.0 Å². The molecule has 5 atom stereocenters. The fourth-order valence-corrected chi connectivity index (χ4v) is 3.08. The number of ether oxygens (including phenoxy) is 2. The van der Waals surface area contributed by atoms with Crippen LogP contribution in [0.4, 0.5) is 0 Å². The molecule has 0 radical (unpaired) electrons. The molecule has 0 saturated carbocycles. The third kappa shape index (κ3) is 7.22. The highest BCUT2D eigenvalue weighted by atomic mass is 31.1. The standard InChI is InChI=1S/C14H29O6P/c1-9(2)19-21(16)20-13-11(15)7-10(3)18-12(13)8-17-14(4,5)6/h9-13,15,21H,7-8H2,1-6H3. The zero-order valence-electron chi connectivity index (χ0n) is 13.8. The lowest BCUT2D eigenvalue weighted by atomic mass is 9.99. The van der Waals surface area contributed by atoms with Gasteiger partial charge >= 0.3 is 8.25 Å². The van der Waals surface area contributed by atoms with E-state index in [1.54, 1.807) is 13.8 Å². The van der Waals surface area contributed by atoms with Gasteiger partial charge in [0, 0.05) is 6.42 Å². The van der Waals surface area contributed by atoms with Gasteiger partial charge in [0.1, 0.15) is 12.2 Å². The Balaban J connectivity index is 2.67. The second-order valence-electron chi connectivity index (χ2n) is 6.71. The average Bonchev–Trinajstić information content (AvgIpc) is 2.28. The smallest absolute Gasteiger partial charge is 0.319 e. The van der Waals surface area contributed by atoms with Crippen LogP contribution in [0.15, 0.2) is 0 Å². The number of rotatable bonds is 6. The molecule has 1 aliphatic heterocycles. The number of hydrogen-bond donors (Lipinski definition) is 1. The predicted molar refractivity (Wildman–Crippen MR) is 80.8 cm³/mol. The zero-order chi connectivity index (χ0) is 16.2. The molecule has 1 aliphatic rings. The Kier molecular flexibility index (Phi) is 7.31. The highest BCUT2D eigenvalue weighted by Gasteiger charge is 2.39. The molecule has 0 aromatic rings. The maximum atomic E-state index is 11.8. The Morgan fingerprint density at radius 1 is 1.38 bits per heavy atom. The van der Waals surface area contributed by atoms with E-state index in [1.807, 2.05) is 27.7 Å². The summed E-state index contributed by atoms with van der Waals surface area (Å²) in [7, 11) is -2.67. The van der Waals surface area contributed by atoms with Gasteiger partial charge in [0.15, 0.2) is 0 Å². The maximum Gasteiger partial charge on any atom is 0.319 e. The summed E-state index contributed by atoms with van der Waals surface area (Å²) in [5.41, 5.74) is -0.320. The van der Waals surface area contributed by atoms with Crippen LogP contribution in [0.25, 0.3) is 0 Å². The van der Waals surface area contributed by atoms with Crippen molar-refractivity contribution in [2.24, 2.45) is 0 Å². The lowest BCUT2D eigenvalue weighted by molar-refractivity contribution is -0.185. The van der Waals surface area contributed by atoms with Gasteiger partial charge in [-0.3, -0.25) is 4.57 Å². The lowest BCUT2D eigenvalue weighted by Crippen LogP contribution is -2.50. The van der Waals surface area contributed by atoms with Gasteiger partial charge in [-0.25, -0.2) is 0 Å². The van der Waals surface area contributed by atoms with Gasteiger partial charge in [-0.1, -0.05) is 0 Å². The van der Waals surface area contributed by atoms with E-state index in [-0.39, 0.29) is 24.4 Å². The second-order valence-corrected chi connectivity index (χ2v) is 7.68. The van der Waals surface area contributed by atoms with E-state index in [2.05, 4.69) is 0 Å². The summed E-state index contributed by atoms with van der Waals surface area (Å²) in [4.78, 5) is 0. The summed E-state index contributed by atoms with van der Waals surface area (Å²) >= 11 is 0. The molecule has 0 aliphatic carbocycles. The molecule has 7 heteroatoms. The Labute approximate surface area is 128 Å². The van der Waals surface area contributed by atoms with E-state index < -0.39 is 26.6 Å². The van der Waals surface area contributed by atoms with Crippen molar-refractivity contribution >= 4 is 8.25 Å². The summed E-state index contributed by atoms with van der Waals surface area (Å²) in [6.07, 6.45) is -1.76. The minimum atomic E-state index is -2.67. The van der Waals surface area contributed by atoms with Crippen molar-refractivity contribution in [2.45, 2.75) is 84.1 Å². The van der Waals surface area contributed by atoms with Gasteiger partial charge < -0.3 is 23.6 Å².